The zero-order valence-corrected chi connectivity index (χ0v) is 13.7. The number of aromatic amines is 1. The minimum Gasteiger partial charge on any atom is -0.465 e. The van der Waals surface area contributed by atoms with Gasteiger partial charge in [0.15, 0.2) is 0 Å². The standard InChI is InChI=1S/C16H14ClN5O3/c17-9-2-1-3-10-12(9)15(23)22(11-6-7-18-21-11)14(19-10)13(8-4-5-8)20-16(24)25/h1-3,6-8,13,20H,4-5H2,(H,18,21)(H,24,25). The minimum atomic E-state index is -1.16. The number of carboxylic acid groups (broad SMARTS) is 1. The van der Waals surface area contributed by atoms with Crippen LogP contribution < -0.4 is 10.9 Å². The molecule has 25 heavy (non-hydrogen) atoms. The second kappa shape index (κ2) is 5.89. The van der Waals surface area contributed by atoms with E-state index in [0.717, 1.165) is 12.8 Å². The lowest BCUT2D eigenvalue weighted by Crippen LogP contribution is -2.35. The molecule has 1 unspecified atom stereocenters. The number of benzene rings is 1. The molecule has 1 amide bonds. The SMILES string of the molecule is O=C(O)NC(c1nc2cccc(Cl)c2c(=O)n1-c1ccn[nH]1)C1CC1. The van der Waals surface area contributed by atoms with Gasteiger partial charge in [-0.25, -0.2) is 14.3 Å². The van der Waals surface area contributed by atoms with Crippen LogP contribution in [0, 0.1) is 5.92 Å². The Morgan fingerprint density at radius 2 is 2.20 bits per heavy atom. The molecule has 3 N–H and O–H groups in total. The maximum Gasteiger partial charge on any atom is 0.405 e. The highest BCUT2D eigenvalue weighted by Gasteiger charge is 2.37. The number of amides is 1. The van der Waals surface area contributed by atoms with Gasteiger partial charge in [-0.3, -0.25) is 9.89 Å². The molecule has 9 heteroatoms. The summed E-state index contributed by atoms with van der Waals surface area (Å²) >= 11 is 6.20. The highest BCUT2D eigenvalue weighted by atomic mass is 35.5. The van der Waals surface area contributed by atoms with E-state index < -0.39 is 12.1 Å². The third kappa shape index (κ3) is 2.74. The van der Waals surface area contributed by atoms with Gasteiger partial charge in [-0.1, -0.05) is 17.7 Å². The maximum absolute atomic E-state index is 13.1. The second-order valence-corrected chi connectivity index (χ2v) is 6.36. The number of hydrogen-bond donors (Lipinski definition) is 3. The number of rotatable bonds is 4. The van der Waals surface area contributed by atoms with Crippen molar-refractivity contribution in [1.82, 2.24) is 25.1 Å². The van der Waals surface area contributed by atoms with Gasteiger partial charge >= 0.3 is 6.09 Å². The fourth-order valence-electron chi connectivity index (χ4n) is 2.98. The molecule has 0 saturated heterocycles. The first-order chi connectivity index (χ1) is 12.1. The number of halogens is 1. The van der Waals surface area contributed by atoms with Crippen molar-refractivity contribution < 1.29 is 9.90 Å². The number of H-pyrrole nitrogens is 1. The van der Waals surface area contributed by atoms with E-state index in [1.807, 2.05) is 0 Å². The van der Waals surface area contributed by atoms with Crippen LogP contribution in [-0.2, 0) is 0 Å². The summed E-state index contributed by atoms with van der Waals surface area (Å²) in [7, 11) is 0. The lowest BCUT2D eigenvalue weighted by molar-refractivity contribution is 0.187. The van der Waals surface area contributed by atoms with Crippen LogP contribution in [0.25, 0.3) is 16.7 Å². The summed E-state index contributed by atoms with van der Waals surface area (Å²) in [6.07, 6.45) is 2.10. The Hall–Kier alpha value is -2.87. The second-order valence-electron chi connectivity index (χ2n) is 5.95. The fourth-order valence-corrected chi connectivity index (χ4v) is 3.23. The Bertz CT molecular complexity index is 1010. The molecule has 1 saturated carbocycles. The highest BCUT2D eigenvalue weighted by molar-refractivity contribution is 6.35. The molecule has 1 aromatic carbocycles. The predicted molar refractivity (Wildman–Crippen MR) is 91.1 cm³/mol. The van der Waals surface area contributed by atoms with Gasteiger partial charge in [0.1, 0.15) is 11.6 Å². The smallest absolute Gasteiger partial charge is 0.405 e. The highest BCUT2D eigenvalue weighted by Crippen LogP contribution is 2.41. The van der Waals surface area contributed by atoms with Gasteiger partial charge in [0.25, 0.3) is 5.56 Å². The average Bonchev–Trinajstić information content (AvgIpc) is 3.27. The zero-order valence-electron chi connectivity index (χ0n) is 12.9. The van der Waals surface area contributed by atoms with Crippen molar-refractivity contribution in [3.8, 4) is 5.82 Å². The Morgan fingerprint density at radius 1 is 1.40 bits per heavy atom. The van der Waals surface area contributed by atoms with Crippen LogP contribution in [0.2, 0.25) is 5.02 Å². The first kappa shape index (κ1) is 15.6. The Balaban J connectivity index is 2.03. The van der Waals surface area contributed by atoms with Crippen molar-refractivity contribution >= 4 is 28.6 Å². The molecule has 0 spiro atoms. The Labute approximate surface area is 146 Å². The topological polar surface area (TPSA) is 113 Å². The molecule has 1 aliphatic carbocycles. The van der Waals surface area contributed by atoms with Gasteiger partial charge < -0.3 is 10.4 Å². The van der Waals surface area contributed by atoms with Crippen LogP contribution in [0.15, 0.2) is 35.3 Å². The fraction of sp³-hybridized carbons (Fsp3) is 0.250. The molecular weight excluding hydrogens is 346 g/mol. The monoisotopic (exact) mass is 359 g/mol. The van der Waals surface area contributed by atoms with Crippen LogP contribution in [0.3, 0.4) is 0 Å². The van der Waals surface area contributed by atoms with Crippen molar-refractivity contribution in [2.24, 2.45) is 5.92 Å². The number of nitrogens with one attached hydrogen (secondary N) is 2. The summed E-state index contributed by atoms with van der Waals surface area (Å²) in [6, 6.07) is 6.06. The largest absolute Gasteiger partial charge is 0.465 e. The lowest BCUT2D eigenvalue weighted by atomic mass is 10.1. The normalized spacial score (nSPS) is 15.2. The van der Waals surface area contributed by atoms with E-state index in [9.17, 15) is 14.7 Å². The van der Waals surface area contributed by atoms with E-state index in [2.05, 4.69) is 20.5 Å². The van der Waals surface area contributed by atoms with E-state index >= 15 is 0 Å². The first-order valence-electron chi connectivity index (χ1n) is 7.76. The summed E-state index contributed by atoms with van der Waals surface area (Å²) in [5, 5.41) is 18.9. The van der Waals surface area contributed by atoms with Crippen molar-refractivity contribution in [2.45, 2.75) is 18.9 Å². The van der Waals surface area contributed by atoms with Crippen molar-refractivity contribution in [3.63, 3.8) is 0 Å². The molecule has 1 atom stereocenters. The van der Waals surface area contributed by atoms with Gasteiger partial charge in [0, 0.05) is 6.07 Å². The van der Waals surface area contributed by atoms with Gasteiger partial charge in [-0.2, -0.15) is 5.10 Å². The molecule has 128 valence electrons. The first-order valence-corrected chi connectivity index (χ1v) is 8.14. The third-order valence-corrected chi connectivity index (χ3v) is 4.57. The van der Waals surface area contributed by atoms with E-state index in [-0.39, 0.29) is 16.9 Å². The van der Waals surface area contributed by atoms with Crippen molar-refractivity contribution in [2.75, 3.05) is 0 Å². The number of nitrogens with zero attached hydrogens (tertiary/aromatic N) is 3. The molecule has 2 aromatic heterocycles. The van der Waals surface area contributed by atoms with Crippen LogP contribution in [-0.4, -0.2) is 30.9 Å². The zero-order chi connectivity index (χ0) is 17.6. The molecule has 0 radical (unpaired) electrons. The number of aromatic nitrogens is 4. The van der Waals surface area contributed by atoms with Crippen LogP contribution >= 0.6 is 11.6 Å². The van der Waals surface area contributed by atoms with Crippen LogP contribution in [0.5, 0.6) is 0 Å². The minimum absolute atomic E-state index is 0.105. The van der Waals surface area contributed by atoms with E-state index in [4.69, 9.17) is 11.6 Å². The number of hydrogen-bond acceptors (Lipinski definition) is 4. The molecular formula is C16H14ClN5O3. The quantitative estimate of drug-likeness (QED) is 0.662. The van der Waals surface area contributed by atoms with Crippen molar-refractivity contribution in [3.05, 3.63) is 51.7 Å². The van der Waals surface area contributed by atoms with Gasteiger partial charge in [0.05, 0.1) is 28.2 Å². The Kier molecular flexibility index (Phi) is 3.69. The Morgan fingerprint density at radius 3 is 2.84 bits per heavy atom. The van der Waals surface area contributed by atoms with E-state index in [0.29, 0.717) is 22.2 Å². The maximum atomic E-state index is 13.1. The summed E-state index contributed by atoms with van der Waals surface area (Å²) in [5.41, 5.74) is 0.0637. The van der Waals surface area contributed by atoms with E-state index in [1.165, 1.54) is 10.8 Å². The number of fused-ring (bicyclic) bond motifs is 1. The van der Waals surface area contributed by atoms with Crippen LogP contribution in [0.4, 0.5) is 4.79 Å². The molecule has 0 bridgehead atoms. The van der Waals surface area contributed by atoms with Gasteiger partial charge in [-0.05, 0) is 30.9 Å². The average molecular weight is 360 g/mol. The van der Waals surface area contributed by atoms with Crippen molar-refractivity contribution in [1.29, 1.82) is 0 Å². The summed E-state index contributed by atoms with van der Waals surface area (Å²) < 4.78 is 1.35. The van der Waals surface area contributed by atoms with Gasteiger partial charge in [0.2, 0.25) is 0 Å². The lowest BCUT2D eigenvalue weighted by Gasteiger charge is -2.20. The molecule has 8 nitrogen and oxygen atoms in total. The summed E-state index contributed by atoms with van der Waals surface area (Å²) in [4.78, 5) is 28.9. The summed E-state index contributed by atoms with van der Waals surface area (Å²) in [5.74, 6) is 0.842. The summed E-state index contributed by atoms with van der Waals surface area (Å²) in [6.45, 7) is 0. The van der Waals surface area contributed by atoms with E-state index in [1.54, 1.807) is 24.3 Å². The molecule has 1 aliphatic rings. The van der Waals surface area contributed by atoms with Gasteiger partial charge in [-0.15, -0.1) is 0 Å². The molecule has 3 aromatic rings. The molecule has 1 fully saturated rings. The molecule has 0 aliphatic heterocycles. The van der Waals surface area contributed by atoms with Crippen LogP contribution in [0.1, 0.15) is 24.7 Å². The molecule has 4 rings (SSSR count). The predicted octanol–water partition coefficient (Wildman–Crippen LogP) is 2.48. The third-order valence-electron chi connectivity index (χ3n) is 4.25. The molecule has 2 heterocycles. The number of carbonyl (C=O) groups is 1.